The van der Waals surface area contributed by atoms with Crippen LogP contribution in [0, 0.1) is 11.3 Å². The van der Waals surface area contributed by atoms with Gasteiger partial charge in [0.05, 0.1) is 65.9 Å². The van der Waals surface area contributed by atoms with Crippen molar-refractivity contribution >= 4 is 55.2 Å². The molecule has 0 saturated carbocycles. The van der Waals surface area contributed by atoms with E-state index in [2.05, 4.69) is 42.9 Å². The number of halogens is 2. The summed E-state index contributed by atoms with van der Waals surface area (Å²) in [6.45, 7) is 3.75. The molecule has 13 heteroatoms. The average molecular weight is 783 g/mol. The summed E-state index contributed by atoms with van der Waals surface area (Å²) in [4.78, 5) is 32.6. The van der Waals surface area contributed by atoms with Gasteiger partial charge in [0, 0.05) is 10.0 Å². The van der Waals surface area contributed by atoms with Crippen molar-refractivity contribution in [1.29, 1.82) is 5.26 Å². The summed E-state index contributed by atoms with van der Waals surface area (Å²) in [6.07, 6.45) is 1.73. The molecule has 1 atom stereocenters. The van der Waals surface area contributed by atoms with E-state index in [1.807, 2.05) is 18.2 Å². The fourth-order valence-corrected chi connectivity index (χ4v) is 7.34. The molecule has 1 aromatic heterocycles. The van der Waals surface area contributed by atoms with Crippen molar-refractivity contribution in [3.8, 4) is 29.1 Å². The van der Waals surface area contributed by atoms with Gasteiger partial charge in [0.2, 0.25) is 0 Å². The SMILES string of the molecule is CCOC(=O)C1=C(C)N=c2s/c(=C\c3cc(Br)c(OCc4ccccc4C#N)c(OC)c3)c(=O)n2[C@H]1c1cc(OC)c(OC)cc1Br. The molecule has 0 fully saturated rings. The van der Waals surface area contributed by atoms with Crippen LogP contribution in [0.25, 0.3) is 6.08 Å². The molecule has 242 valence electrons. The number of fused-ring (bicyclic) bond motifs is 1. The van der Waals surface area contributed by atoms with Crippen LogP contribution in [-0.4, -0.2) is 38.5 Å². The highest BCUT2D eigenvalue weighted by Crippen LogP contribution is 2.41. The monoisotopic (exact) mass is 781 g/mol. The fourth-order valence-electron chi connectivity index (χ4n) is 5.18. The van der Waals surface area contributed by atoms with Crippen molar-refractivity contribution in [2.24, 2.45) is 4.99 Å². The first-order chi connectivity index (χ1) is 22.6. The van der Waals surface area contributed by atoms with Crippen LogP contribution in [0.3, 0.4) is 0 Å². The van der Waals surface area contributed by atoms with Crippen molar-refractivity contribution in [3.05, 3.63) is 111 Å². The molecule has 10 nitrogen and oxygen atoms in total. The Kier molecular flexibility index (Phi) is 10.5. The Morgan fingerprint density at radius 2 is 1.74 bits per heavy atom. The van der Waals surface area contributed by atoms with E-state index in [0.29, 0.717) is 63.7 Å². The zero-order valence-electron chi connectivity index (χ0n) is 26.1. The van der Waals surface area contributed by atoms with Gasteiger partial charge in [0.1, 0.15) is 6.61 Å². The van der Waals surface area contributed by atoms with Crippen molar-refractivity contribution in [1.82, 2.24) is 4.57 Å². The molecule has 47 heavy (non-hydrogen) atoms. The van der Waals surface area contributed by atoms with Crippen LogP contribution < -0.4 is 33.8 Å². The number of allylic oxidation sites excluding steroid dienone is 1. The number of aromatic nitrogens is 1. The highest BCUT2D eigenvalue weighted by atomic mass is 79.9. The van der Waals surface area contributed by atoms with Crippen molar-refractivity contribution in [2.45, 2.75) is 26.5 Å². The molecular weight excluding hydrogens is 754 g/mol. The molecular formula is C34H29Br2N3O7S. The first kappa shape index (κ1) is 34.0. The summed E-state index contributed by atoms with van der Waals surface area (Å²) in [5.41, 5.74) is 2.84. The largest absolute Gasteiger partial charge is 0.493 e. The standard InChI is InChI=1S/C34H29Br2N3O7S/c1-6-45-33(41)29-18(2)38-34-39(30(29)22-14-25(42-3)26(43-4)15-23(22)35)32(40)28(47-34)13-19-11-24(36)31(27(12-19)44-5)46-17-21-10-8-7-9-20(21)16-37/h7-15,30H,6,17H2,1-5H3/b28-13-/t30-/m0/s1. The lowest BCUT2D eigenvalue weighted by Crippen LogP contribution is -2.40. The summed E-state index contributed by atoms with van der Waals surface area (Å²) in [5, 5.41) is 9.44. The Labute approximate surface area is 291 Å². The molecule has 0 N–H and O–H groups in total. The number of nitriles is 1. The summed E-state index contributed by atoms with van der Waals surface area (Å²) in [5.74, 6) is 1.22. The highest BCUT2D eigenvalue weighted by Gasteiger charge is 2.35. The van der Waals surface area contributed by atoms with Gasteiger partial charge in [-0.15, -0.1) is 0 Å². The first-order valence-corrected chi connectivity index (χ1v) is 16.6. The number of hydrogen-bond donors (Lipinski definition) is 0. The lowest BCUT2D eigenvalue weighted by Gasteiger charge is -2.26. The number of ether oxygens (including phenoxy) is 5. The molecule has 4 aromatic rings. The summed E-state index contributed by atoms with van der Waals surface area (Å²) < 4.78 is 31.2. The maximum absolute atomic E-state index is 14.2. The molecule has 0 amide bonds. The quantitative estimate of drug-likeness (QED) is 0.185. The maximum Gasteiger partial charge on any atom is 0.338 e. The molecule has 2 heterocycles. The second-order valence-electron chi connectivity index (χ2n) is 10.1. The van der Waals surface area contributed by atoms with E-state index in [4.69, 9.17) is 23.7 Å². The third kappa shape index (κ3) is 6.72. The Morgan fingerprint density at radius 3 is 2.43 bits per heavy atom. The number of thiazole rings is 1. The van der Waals surface area contributed by atoms with E-state index < -0.39 is 12.0 Å². The normalized spacial score (nSPS) is 14.2. The van der Waals surface area contributed by atoms with Crippen LogP contribution in [0.4, 0.5) is 0 Å². The number of esters is 1. The Hall–Kier alpha value is -4.38. The Morgan fingerprint density at radius 1 is 1.04 bits per heavy atom. The van der Waals surface area contributed by atoms with E-state index in [-0.39, 0.29) is 24.3 Å². The van der Waals surface area contributed by atoms with Crippen LogP contribution in [0.1, 0.15) is 42.1 Å². The number of carbonyl (C=O) groups excluding carboxylic acids is 1. The molecule has 1 aliphatic heterocycles. The minimum absolute atomic E-state index is 0.154. The van der Waals surface area contributed by atoms with E-state index in [9.17, 15) is 14.9 Å². The second-order valence-corrected chi connectivity index (χ2v) is 12.8. The van der Waals surface area contributed by atoms with Crippen LogP contribution in [0.2, 0.25) is 0 Å². The Balaban J connectivity index is 1.62. The van der Waals surface area contributed by atoms with Crippen molar-refractivity contribution in [3.63, 3.8) is 0 Å². The van der Waals surface area contributed by atoms with Gasteiger partial charge in [-0.3, -0.25) is 9.36 Å². The smallest absolute Gasteiger partial charge is 0.338 e. The summed E-state index contributed by atoms with van der Waals surface area (Å²) in [6, 6.07) is 15.5. The molecule has 5 rings (SSSR count). The average Bonchev–Trinajstić information content (AvgIpc) is 3.36. The third-order valence-electron chi connectivity index (χ3n) is 7.37. The van der Waals surface area contributed by atoms with Crippen LogP contribution in [0.5, 0.6) is 23.0 Å². The molecule has 0 bridgehead atoms. The molecule has 0 aliphatic carbocycles. The summed E-state index contributed by atoms with van der Waals surface area (Å²) in [7, 11) is 4.57. The van der Waals surface area contributed by atoms with Gasteiger partial charge in [0.25, 0.3) is 5.56 Å². The van der Waals surface area contributed by atoms with Gasteiger partial charge in [-0.25, -0.2) is 9.79 Å². The number of carbonyl (C=O) groups is 1. The number of methoxy groups -OCH3 is 3. The zero-order valence-corrected chi connectivity index (χ0v) is 30.0. The molecule has 0 unspecified atom stereocenters. The van der Waals surface area contributed by atoms with Crippen molar-refractivity contribution in [2.75, 3.05) is 27.9 Å². The van der Waals surface area contributed by atoms with E-state index >= 15 is 0 Å². The molecule has 0 spiro atoms. The van der Waals surface area contributed by atoms with E-state index in [0.717, 1.165) is 5.56 Å². The fraction of sp³-hybridized carbons (Fsp3) is 0.235. The van der Waals surface area contributed by atoms with Gasteiger partial charge in [-0.2, -0.15) is 5.26 Å². The van der Waals surface area contributed by atoms with Gasteiger partial charge >= 0.3 is 5.97 Å². The van der Waals surface area contributed by atoms with Gasteiger partial charge < -0.3 is 23.7 Å². The van der Waals surface area contributed by atoms with E-state index in [1.165, 1.54) is 37.2 Å². The zero-order chi connectivity index (χ0) is 33.8. The number of nitrogens with zero attached hydrogens (tertiary/aromatic N) is 3. The Bertz CT molecular complexity index is 2130. The lowest BCUT2D eigenvalue weighted by molar-refractivity contribution is -0.139. The minimum atomic E-state index is -0.866. The number of rotatable bonds is 10. The van der Waals surface area contributed by atoms with Crippen LogP contribution in [-0.2, 0) is 16.1 Å². The first-order valence-electron chi connectivity index (χ1n) is 14.2. The number of benzene rings is 3. The predicted molar refractivity (Wildman–Crippen MR) is 184 cm³/mol. The highest BCUT2D eigenvalue weighted by molar-refractivity contribution is 9.10. The van der Waals surface area contributed by atoms with Gasteiger partial charge in [0.15, 0.2) is 27.8 Å². The van der Waals surface area contributed by atoms with E-state index in [1.54, 1.807) is 50.3 Å². The topological polar surface area (TPSA) is 121 Å². The maximum atomic E-state index is 14.2. The van der Waals surface area contributed by atoms with Gasteiger partial charge in [-0.05, 0) is 77.3 Å². The molecule has 0 saturated heterocycles. The molecule has 1 aliphatic rings. The lowest BCUT2D eigenvalue weighted by atomic mass is 9.95. The van der Waals surface area contributed by atoms with Crippen LogP contribution in [0.15, 0.2) is 78.5 Å². The number of hydrogen-bond acceptors (Lipinski definition) is 10. The third-order valence-corrected chi connectivity index (χ3v) is 9.63. The minimum Gasteiger partial charge on any atom is -0.493 e. The molecule has 3 aromatic carbocycles. The summed E-state index contributed by atoms with van der Waals surface area (Å²) >= 11 is 8.40. The van der Waals surface area contributed by atoms with Crippen molar-refractivity contribution < 1.29 is 28.5 Å². The predicted octanol–water partition coefficient (Wildman–Crippen LogP) is 5.80. The van der Waals surface area contributed by atoms with Gasteiger partial charge in [-0.1, -0.05) is 45.5 Å². The second kappa shape index (κ2) is 14.6. The molecule has 0 radical (unpaired) electrons. The van der Waals surface area contributed by atoms with Crippen LogP contribution >= 0.6 is 43.2 Å².